The highest BCUT2D eigenvalue weighted by molar-refractivity contribution is 7.99. The van der Waals surface area contributed by atoms with Crippen molar-refractivity contribution in [3.8, 4) is 0 Å². The van der Waals surface area contributed by atoms with E-state index in [2.05, 4.69) is 15.5 Å². The number of hydrogen-bond donors (Lipinski definition) is 1. The molecule has 27 heavy (non-hydrogen) atoms. The number of thioether (sulfide) groups is 1. The highest BCUT2D eigenvalue weighted by Crippen LogP contribution is 2.29. The first-order valence-electron chi connectivity index (χ1n) is 7.93. The standard InChI is InChI=1S/C17H19F3N4O2S/c1-16(2,3)11-7-5-10(6-8-11)13(26)21-12(25)9-27-15-23-22-14(24(15)4)17(18,19)20/h5-8H,9H2,1-4H3,(H,21,25,26). The van der Waals surface area contributed by atoms with Gasteiger partial charge in [0.1, 0.15) is 0 Å². The first-order valence-corrected chi connectivity index (χ1v) is 8.92. The number of hydrogen-bond acceptors (Lipinski definition) is 5. The van der Waals surface area contributed by atoms with Gasteiger partial charge < -0.3 is 4.57 Å². The third kappa shape index (κ3) is 5.31. The second kappa shape index (κ2) is 7.71. The van der Waals surface area contributed by atoms with Gasteiger partial charge in [0, 0.05) is 12.6 Å². The van der Waals surface area contributed by atoms with E-state index in [0.29, 0.717) is 5.56 Å². The van der Waals surface area contributed by atoms with E-state index in [1.807, 2.05) is 32.9 Å². The van der Waals surface area contributed by atoms with E-state index in [1.165, 1.54) is 0 Å². The Kier molecular flexibility index (Phi) is 5.98. The molecule has 6 nitrogen and oxygen atoms in total. The van der Waals surface area contributed by atoms with Crippen LogP contribution in [0.4, 0.5) is 13.2 Å². The minimum atomic E-state index is -4.63. The van der Waals surface area contributed by atoms with E-state index >= 15 is 0 Å². The summed E-state index contributed by atoms with van der Waals surface area (Å²) in [4.78, 5) is 24.0. The van der Waals surface area contributed by atoms with E-state index in [1.54, 1.807) is 12.1 Å². The molecule has 146 valence electrons. The molecule has 10 heteroatoms. The zero-order chi connectivity index (χ0) is 20.4. The first-order chi connectivity index (χ1) is 12.4. The number of halogens is 3. The molecule has 2 rings (SSSR count). The van der Waals surface area contributed by atoms with E-state index in [9.17, 15) is 22.8 Å². The molecule has 1 aromatic heterocycles. The summed E-state index contributed by atoms with van der Waals surface area (Å²) in [6.45, 7) is 6.12. The fourth-order valence-corrected chi connectivity index (χ4v) is 2.89. The van der Waals surface area contributed by atoms with Crippen molar-refractivity contribution < 1.29 is 22.8 Å². The minimum Gasteiger partial charge on any atom is -0.302 e. The van der Waals surface area contributed by atoms with Gasteiger partial charge in [0.15, 0.2) is 5.16 Å². The van der Waals surface area contributed by atoms with Gasteiger partial charge in [-0.05, 0) is 23.1 Å². The molecule has 0 aliphatic carbocycles. The number of aromatic nitrogens is 3. The Morgan fingerprint density at radius 2 is 1.70 bits per heavy atom. The van der Waals surface area contributed by atoms with Gasteiger partial charge in [-0.25, -0.2) is 0 Å². The first kappa shape index (κ1) is 20.9. The van der Waals surface area contributed by atoms with E-state index in [4.69, 9.17) is 0 Å². The van der Waals surface area contributed by atoms with Gasteiger partial charge in [-0.2, -0.15) is 13.2 Å². The number of rotatable bonds is 4. The average Bonchev–Trinajstić information content (AvgIpc) is 2.93. The Hall–Kier alpha value is -2.36. The zero-order valence-electron chi connectivity index (χ0n) is 15.2. The van der Waals surface area contributed by atoms with Gasteiger partial charge >= 0.3 is 6.18 Å². The van der Waals surface area contributed by atoms with Gasteiger partial charge in [0.2, 0.25) is 11.7 Å². The van der Waals surface area contributed by atoms with Crippen molar-refractivity contribution >= 4 is 23.6 Å². The predicted molar refractivity (Wildman–Crippen MR) is 94.3 cm³/mol. The summed E-state index contributed by atoms with van der Waals surface area (Å²) in [5.74, 6) is -2.63. The van der Waals surface area contributed by atoms with Crippen molar-refractivity contribution in [3.05, 3.63) is 41.2 Å². The molecule has 1 aromatic carbocycles. The number of imide groups is 1. The van der Waals surface area contributed by atoms with Crippen molar-refractivity contribution in [2.24, 2.45) is 7.05 Å². The van der Waals surface area contributed by atoms with Crippen LogP contribution in [-0.4, -0.2) is 32.3 Å². The molecule has 0 spiro atoms. The van der Waals surface area contributed by atoms with Crippen LogP contribution in [0, 0.1) is 0 Å². The fourth-order valence-electron chi connectivity index (χ4n) is 2.17. The maximum Gasteiger partial charge on any atom is 0.451 e. The fraction of sp³-hybridized carbons (Fsp3) is 0.412. The van der Waals surface area contributed by atoms with Gasteiger partial charge in [0.25, 0.3) is 5.91 Å². The normalized spacial score (nSPS) is 12.1. The number of benzene rings is 1. The molecule has 2 amide bonds. The smallest absolute Gasteiger partial charge is 0.302 e. The third-order valence-electron chi connectivity index (χ3n) is 3.69. The average molecular weight is 400 g/mol. The van der Waals surface area contributed by atoms with Crippen molar-refractivity contribution in [1.82, 2.24) is 20.1 Å². The summed E-state index contributed by atoms with van der Waals surface area (Å²) in [5, 5.41) is 8.62. The highest BCUT2D eigenvalue weighted by Gasteiger charge is 2.37. The Balaban J connectivity index is 1.94. The molecular weight excluding hydrogens is 381 g/mol. The maximum atomic E-state index is 12.7. The van der Waals surface area contributed by atoms with E-state index in [-0.39, 0.29) is 16.3 Å². The molecule has 0 saturated heterocycles. The topological polar surface area (TPSA) is 76.9 Å². The van der Waals surface area contributed by atoms with E-state index < -0.39 is 23.8 Å². The molecule has 0 aliphatic heterocycles. The van der Waals surface area contributed by atoms with Crippen LogP contribution in [0.2, 0.25) is 0 Å². The lowest BCUT2D eigenvalue weighted by Gasteiger charge is -2.18. The van der Waals surface area contributed by atoms with Crippen LogP contribution in [0.25, 0.3) is 0 Å². The van der Waals surface area contributed by atoms with Crippen LogP contribution in [0.5, 0.6) is 0 Å². The lowest BCUT2D eigenvalue weighted by molar-refractivity contribution is -0.147. The Morgan fingerprint density at radius 1 is 1.11 bits per heavy atom. The third-order valence-corrected chi connectivity index (χ3v) is 4.71. The number of amides is 2. The number of alkyl halides is 3. The van der Waals surface area contributed by atoms with E-state index in [0.717, 1.165) is 28.9 Å². The summed E-state index contributed by atoms with van der Waals surface area (Å²) in [5.41, 5.74) is 1.30. The molecule has 0 saturated carbocycles. The van der Waals surface area contributed by atoms with Crippen LogP contribution in [0.15, 0.2) is 29.4 Å². The molecule has 1 heterocycles. The van der Waals surface area contributed by atoms with Gasteiger partial charge in [-0.3, -0.25) is 14.9 Å². The monoisotopic (exact) mass is 400 g/mol. The van der Waals surface area contributed by atoms with Gasteiger partial charge in [0.05, 0.1) is 5.75 Å². The largest absolute Gasteiger partial charge is 0.451 e. The molecule has 0 aliphatic rings. The molecular formula is C17H19F3N4O2S. The SMILES string of the molecule is Cn1c(SCC(=O)NC(=O)c2ccc(C(C)(C)C)cc2)nnc1C(F)(F)F. The Labute approximate surface area is 158 Å². The summed E-state index contributed by atoms with van der Waals surface area (Å²) < 4.78 is 38.8. The quantitative estimate of drug-likeness (QED) is 0.798. The van der Waals surface area contributed by atoms with Crippen molar-refractivity contribution in [2.45, 2.75) is 37.5 Å². The Bertz CT molecular complexity index is 839. The van der Waals surface area contributed by atoms with Crippen LogP contribution >= 0.6 is 11.8 Å². The van der Waals surface area contributed by atoms with Crippen molar-refractivity contribution in [2.75, 3.05) is 5.75 Å². The summed E-state index contributed by atoms with van der Waals surface area (Å²) in [6, 6.07) is 6.86. The highest BCUT2D eigenvalue weighted by atomic mass is 32.2. The molecule has 0 bridgehead atoms. The second-order valence-electron chi connectivity index (χ2n) is 6.86. The predicted octanol–water partition coefficient (Wildman–Crippen LogP) is 3.18. The van der Waals surface area contributed by atoms with Gasteiger partial charge in [-0.1, -0.05) is 44.7 Å². The number of nitrogens with zero attached hydrogens (tertiary/aromatic N) is 3. The zero-order valence-corrected chi connectivity index (χ0v) is 16.0. The summed E-state index contributed by atoms with van der Waals surface area (Å²) in [6.07, 6.45) is -4.63. The maximum absolute atomic E-state index is 12.7. The molecule has 0 unspecified atom stereocenters. The molecule has 1 N–H and O–H groups in total. The van der Waals surface area contributed by atoms with Crippen LogP contribution in [0.3, 0.4) is 0 Å². The number of carbonyl (C=O) groups is 2. The van der Waals surface area contributed by atoms with Crippen molar-refractivity contribution in [1.29, 1.82) is 0 Å². The lowest BCUT2D eigenvalue weighted by Crippen LogP contribution is -2.32. The molecule has 0 fully saturated rings. The van der Waals surface area contributed by atoms with Crippen LogP contribution in [0.1, 0.15) is 42.5 Å². The number of carbonyl (C=O) groups excluding carboxylic acids is 2. The summed E-state index contributed by atoms with van der Waals surface area (Å²) >= 11 is 0.760. The molecule has 0 atom stereocenters. The molecule has 2 aromatic rings. The molecule has 0 radical (unpaired) electrons. The van der Waals surface area contributed by atoms with Crippen LogP contribution in [-0.2, 0) is 23.4 Å². The number of nitrogens with one attached hydrogen (secondary N) is 1. The Morgan fingerprint density at radius 3 is 2.19 bits per heavy atom. The summed E-state index contributed by atoms with van der Waals surface area (Å²) in [7, 11) is 1.16. The lowest BCUT2D eigenvalue weighted by atomic mass is 9.87. The van der Waals surface area contributed by atoms with Gasteiger partial charge in [-0.15, -0.1) is 10.2 Å². The van der Waals surface area contributed by atoms with Crippen LogP contribution < -0.4 is 5.32 Å². The van der Waals surface area contributed by atoms with Crippen molar-refractivity contribution in [3.63, 3.8) is 0 Å². The second-order valence-corrected chi connectivity index (χ2v) is 7.80. The minimum absolute atomic E-state index is 0.0627.